The fraction of sp³-hybridized carbons (Fsp3) is 0.333. The van der Waals surface area contributed by atoms with Crippen LogP contribution in [0.1, 0.15) is 33.9 Å². The van der Waals surface area contributed by atoms with E-state index >= 15 is 0 Å². The predicted molar refractivity (Wildman–Crippen MR) is 115 cm³/mol. The topological polar surface area (TPSA) is 60.9 Å². The fourth-order valence-electron chi connectivity index (χ4n) is 3.77. The second-order valence-electron chi connectivity index (χ2n) is 7.97. The Balaban J connectivity index is 2.22. The van der Waals surface area contributed by atoms with E-state index in [1.807, 2.05) is 82.2 Å². The summed E-state index contributed by atoms with van der Waals surface area (Å²) in [5.41, 5.74) is 4.42. The van der Waals surface area contributed by atoms with Crippen molar-refractivity contribution < 1.29 is 14.7 Å². The van der Waals surface area contributed by atoms with Gasteiger partial charge >= 0.3 is 0 Å². The van der Waals surface area contributed by atoms with Crippen LogP contribution in [0.5, 0.6) is 0 Å². The van der Waals surface area contributed by atoms with Gasteiger partial charge in [0.1, 0.15) is 5.76 Å². The van der Waals surface area contributed by atoms with Crippen LogP contribution >= 0.6 is 0 Å². The number of hydrogen-bond donors (Lipinski definition) is 1. The number of Topliss-reactive ketones (excluding diaryl/α,β-unsaturated/α-hetero) is 1. The molecule has 1 heterocycles. The molecule has 0 aliphatic carbocycles. The third kappa shape index (κ3) is 3.96. The smallest absolute Gasteiger partial charge is 0.295 e. The number of carbonyl (C=O) groups excluding carboxylic acids is 2. The van der Waals surface area contributed by atoms with E-state index < -0.39 is 17.7 Å². The Morgan fingerprint density at radius 2 is 1.72 bits per heavy atom. The molecule has 0 radical (unpaired) electrons. The lowest BCUT2D eigenvalue weighted by Gasteiger charge is -2.27. The second-order valence-corrected chi connectivity index (χ2v) is 7.97. The van der Waals surface area contributed by atoms with E-state index in [-0.39, 0.29) is 11.3 Å². The number of rotatable bonds is 5. The molecule has 2 aromatic carbocycles. The summed E-state index contributed by atoms with van der Waals surface area (Å²) in [5, 5.41) is 11.2. The Morgan fingerprint density at radius 3 is 2.38 bits per heavy atom. The maximum Gasteiger partial charge on any atom is 0.295 e. The van der Waals surface area contributed by atoms with E-state index in [1.165, 1.54) is 0 Å². The molecule has 1 amide bonds. The molecule has 1 fully saturated rings. The van der Waals surface area contributed by atoms with Crippen molar-refractivity contribution in [1.82, 2.24) is 9.80 Å². The van der Waals surface area contributed by atoms with Crippen molar-refractivity contribution in [3.63, 3.8) is 0 Å². The van der Waals surface area contributed by atoms with E-state index in [1.54, 1.807) is 4.90 Å². The minimum atomic E-state index is -0.629. The quantitative estimate of drug-likeness (QED) is 0.480. The maximum absolute atomic E-state index is 13.0. The standard InChI is InChI=1S/C24H28N2O3/c1-15-10-11-17(3)19(14-15)22(27)20-21(18-9-7-6-8-16(18)2)26(13-12-25(4)5)24(29)23(20)28/h6-11,14,21,27H,12-13H2,1-5H3/b22-20+. The first-order valence-electron chi connectivity index (χ1n) is 9.78. The number of aryl methyl sites for hydroxylation is 3. The minimum absolute atomic E-state index is 0.106. The highest BCUT2D eigenvalue weighted by Crippen LogP contribution is 2.40. The van der Waals surface area contributed by atoms with E-state index in [2.05, 4.69) is 0 Å². The zero-order valence-electron chi connectivity index (χ0n) is 17.7. The van der Waals surface area contributed by atoms with Crippen LogP contribution in [0, 0.1) is 20.8 Å². The monoisotopic (exact) mass is 392 g/mol. The summed E-state index contributed by atoms with van der Waals surface area (Å²) in [6.07, 6.45) is 0. The van der Waals surface area contributed by atoms with Gasteiger partial charge in [-0.1, -0.05) is 42.0 Å². The lowest BCUT2D eigenvalue weighted by molar-refractivity contribution is -0.140. The van der Waals surface area contributed by atoms with Crippen molar-refractivity contribution in [3.05, 3.63) is 75.9 Å². The number of ketones is 1. The Bertz CT molecular complexity index is 991. The number of amides is 1. The summed E-state index contributed by atoms with van der Waals surface area (Å²) in [5.74, 6) is -1.30. The minimum Gasteiger partial charge on any atom is -0.507 e. The van der Waals surface area contributed by atoms with Crippen LogP contribution in [0.4, 0.5) is 0 Å². The Morgan fingerprint density at radius 1 is 1.03 bits per heavy atom. The molecule has 1 atom stereocenters. The molecule has 152 valence electrons. The first-order valence-corrected chi connectivity index (χ1v) is 9.78. The molecule has 29 heavy (non-hydrogen) atoms. The van der Waals surface area contributed by atoms with Crippen LogP contribution in [0.15, 0.2) is 48.0 Å². The van der Waals surface area contributed by atoms with Gasteiger partial charge in [0, 0.05) is 18.7 Å². The fourth-order valence-corrected chi connectivity index (χ4v) is 3.77. The van der Waals surface area contributed by atoms with E-state index in [0.29, 0.717) is 18.7 Å². The number of nitrogens with zero attached hydrogens (tertiary/aromatic N) is 2. The lowest BCUT2D eigenvalue weighted by atomic mass is 9.91. The van der Waals surface area contributed by atoms with Gasteiger partial charge in [-0.25, -0.2) is 0 Å². The molecule has 5 nitrogen and oxygen atoms in total. The second kappa shape index (κ2) is 8.21. The molecule has 3 rings (SSSR count). The molecule has 0 saturated carbocycles. The summed E-state index contributed by atoms with van der Waals surface area (Å²) in [4.78, 5) is 29.5. The van der Waals surface area contributed by atoms with Crippen molar-refractivity contribution in [1.29, 1.82) is 0 Å². The molecule has 1 N–H and O–H groups in total. The van der Waals surface area contributed by atoms with Crippen LogP contribution in [0.25, 0.3) is 5.76 Å². The van der Waals surface area contributed by atoms with Gasteiger partial charge in [0.15, 0.2) is 0 Å². The van der Waals surface area contributed by atoms with Crippen molar-refractivity contribution in [2.24, 2.45) is 0 Å². The summed E-state index contributed by atoms with van der Waals surface area (Å²) >= 11 is 0. The van der Waals surface area contributed by atoms with Crippen molar-refractivity contribution in [3.8, 4) is 0 Å². The van der Waals surface area contributed by atoms with Crippen molar-refractivity contribution in [2.75, 3.05) is 27.2 Å². The number of benzene rings is 2. The zero-order chi connectivity index (χ0) is 21.3. The van der Waals surface area contributed by atoms with Gasteiger partial charge in [-0.3, -0.25) is 9.59 Å². The Labute approximate surface area is 172 Å². The molecule has 1 saturated heterocycles. The van der Waals surface area contributed by atoms with Crippen LogP contribution in [0.3, 0.4) is 0 Å². The highest BCUT2D eigenvalue weighted by molar-refractivity contribution is 6.46. The van der Waals surface area contributed by atoms with E-state index in [4.69, 9.17) is 0 Å². The predicted octanol–water partition coefficient (Wildman–Crippen LogP) is 3.60. The van der Waals surface area contributed by atoms with E-state index in [0.717, 1.165) is 22.3 Å². The largest absolute Gasteiger partial charge is 0.507 e. The molecule has 0 aromatic heterocycles. The molecule has 1 unspecified atom stereocenters. The lowest BCUT2D eigenvalue weighted by Crippen LogP contribution is -2.35. The van der Waals surface area contributed by atoms with Crippen LogP contribution < -0.4 is 0 Å². The van der Waals surface area contributed by atoms with Gasteiger partial charge in [-0.05, 0) is 57.6 Å². The number of likely N-dealkylation sites (tertiary alicyclic amines) is 1. The molecule has 2 aromatic rings. The molecule has 1 aliphatic heterocycles. The summed E-state index contributed by atoms with van der Waals surface area (Å²) < 4.78 is 0. The first-order chi connectivity index (χ1) is 13.7. The molecular weight excluding hydrogens is 364 g/mol. The van der Waals surface area contributed by atoms with E-state index in [9.17, 15) is 14.7 Å². The molecule has 5 heteroatoms. The third-order valence-corrected chi connectivity index (χ3v) is 5.46. The van der Waals surface area contributed by atoms with Gasteiger partial charge in [0.25, 0.3) is 11.7 Å². The van der Waals surface area contributed by atoms with Gasteiger partial charge < -0.3 is 14.9 Å². The number of likely N-dealkylation sites (N-methyl/N-ethyl adjacent to an activating group) is 1. The summed E-state index contributed by atoms with van der Waals surface area (Å²) in [7, 11) is 3.85. The Kier molecular flexibility index (Phi) is 5.89. The highest BCUT2D eigenvalue weighted by Gasteiger charge is 2.46. The van der Waals surface area contributed by atoms with Crippen LogP contribution in [-0.4, -0.2) is 53.8 Å². The SMILES string of the molecule is Cc1ccc(C)c(/C(O)=C2\C(=O)C(=O)N(CCN(C)C)C2c2ccccc2C)c1. The zero-order valence-corrected chi connectivity index (χ0v) is 17.7. The van der Waals surface area contributed by atoms with Gasteiger partial charge in [-0.15, -0.1) is 0 Å². The van der Waals surface area contributed by atoms with Gasteiger partial charge in [0.2, 0.25) is 0 Å². The highest BCUT2D eigenvalue weighted by atomic mass is 16.3. The molecule has 1 aliphatic rings. The van der Waals surface area contributed by atoms with Crippen molar-refractivity contribution in [2.45, 2.75) is 26.8 Å². The van der Waals surface area contributed by atoms with Gasteiger partial charge in [0.05, 0.1) is 11.6 Å². The molecule has 0 bridgehead atoms. The number of aliphatic hydroxyl groups excluding tert-OH is 1. The van der Waals surface area contributed by atoms with Crippen LogP contribution in [0.2, 0.25) is 0 Å². The maximum atomic E-state index is 13.0. The average molecular weight is 392 g/mol. The third-order valence-electron chi connectivity index (χ3n) is 5.46. The van der Waals surface area contributed by atoms with Gasteiger partial charge in [-0.2, -0.15) is 0 Å². The average Bonchev–Trinajstić information content (AvgIpc) is 2.92. The van der Waals surface area contributed by atoms with Crippen LogP contribution in [-0.2, 0) is 9.59 Å². The number of aliphatic hydroxyl groups is 1. The first kappa shape index (κ1) is 20.8. The molecule has 0 spiro atoms. The number of hydrogen-bond acceptors (Lipinski definition) is 4. The molecular formula is C24H28N2O3. The number of carbonyl (C=O) groups is 2. The van der Waals surface area contributed by atoms with Crippen molar-refractivity contribution >= 4 is 17.4 Å². The summed E-state index contributed by atoms with van der Waals surface area (Å²) in [6, 6.07) is 12.8. The Hall–Kier alpha value is -2.92. The normalized spacial score (nSPS) is 18.7. The summed E-state index contributed by atoms with van der Waals surface area (Å²) in [6.45, 7) is 6.81.